The minimum absolute atomic E-state index is 0.157. The van der Waals surface area contributed by atoms with E-state index >= 15 is 0 Å². The summed E-state index contributed by atoms with van der Waals surface area (Å²) in [6, 6.07) is 16.4. The summed E-state index contributed by atoms with van der Waals surface area (Å²) in [7, 11) is 0. The van der Waals surface area contributed by atoms with E-state index in [1.54, 1.807) is 31.2 Å². The van der Waals surface area contributed by atoms with Crippen molar-refractivity contribution in [1.82, 2.24) is 5.43 Å². The molecule has 10 nitrogen and oxygen atoms in total. The van der Waals surface area contributed by atoms with E-state index in [1.165, 1.54) is 42.5 Å². The Labute approximate surface area is 204 Å². The SMILES string of the molecule is C/C(=N\NC(=O)C(=O)Nc1ccc(C)c(Cl)c1)c1ccc(OC(=O)c2ccccc2[N+](=O)[O-])cc1. The highest BCUT2D eigenvalue weighted by Crippen LogP contribution is 2.21. The summed E-state index contributed by atoms with van der Waals surface area (Å²) in [5.41, 5.74) is 3.78. The largest absolute Gasteiger partial charge is 0.423 e. The molecule has 0 aliphatic rings. The van der Waals surface area contributed by atoms with Crippen molar-refractivity contribution in [2.75, 3.05) is 5.32 Å². The van der Waals surface area contributed by atoms with Crippen LogP contribution in [0.3, 0.4) is 0 Å². The molecule has 0 saturated carbocycles. The molecule has 3 aromatic carbocycles. The first kappa shape index (κ1) is 25.1. The van der Waals surface area contributed by atoms with Crippen LogP contribution in [0.15, 0.2) is 71.8 Å². The lowest BCUT2D eigenvalue weighted by molar-refractivity contribution is -0.385. The van der Waals surface area contributed by atoms with Crippen molar-refractivity contribution < 1.29 is 24.0 Å². The first-order chi connectivity index (χ1) is 16.7. The molecule has 0 aliphatic carbocycles. The summed E-state index contributed by atoms with van der Waals surface area (Å²) >= 11 is 6.01. The molecule has 0 aliphatic heterocycles. The van der Waals surface area contributed by atoms with E-state index in [2.05, 4.69) is 15.8 Å². The number of carbonyl (C=O) groups excluding carboxylic acids is 3. The zero-order chi connectivity index (χ0) is 25.5. The number of esters is 1. The first-order valence-corrected chi connectivity index (χ1v) is 10.5. The number of aryl methyl sites for hydroxylation is 1. The van der Waals surface area contributed by atoms with Gasteiger partial charge in [-0.15, -0.1) is 0 Å². The number of hydrogen-bond donors (Lipinski definition) is 2. The number of hydrogen-bond acceptors (Lipinski definition) is 7. The highest BCUT2D eigenvalue weighted by molar-refractivity contribution is 6.40. The maximum absolute atomic E-state index is 12.3. The molecule has 11 heteroatoms. The molecule has 35 heavy (non-hydrogen) atoms. The smallest absolute Gasteiger partial charge is 0.350 e. The topological polar surface area (TPSA) is 140 Å². The van der Waals surface area contributed by atoms with Crippen LogP contribution in [0.2, 0.25) is 5.02 Å². The first-order valence-electron chi connectivity index (χ1n) is 10.1. The van der Waals surface area contributed by atoms with Crippen molar-refractivity contribution >= 4 is 46.5 Å². The van der Waals surface area contributed by atoms with Gasteiger partial charge in [-0.1, -0.05) is 29.8 Å². The van der Waals surface area contributed by atoms with Crippen LogP contribution >= 0.6 is 11.6 Å². The van der Waals surface area contributed by atoms with Crippen LogP contribution in [0.4, 0.5) is 11.4 Å². The lowest BCUT2D eigenvalue weighted by atomic mass is 10.1. The molecule has 3 aromatic rings. The average molecular weight is 495 g/mol. The highest BCUT2D eigenvalue weighted by atomic mass is 35.5. The van der Waals surface area contributed by atoms with Gasteiger partial charge in [0.25, 0.3) is 5.69 Å². The molecule has 0 atom stereocenters. The third kappa shape index (κ3) is 6.49. The number of nitro groups is 1. The maximum Gasteiger partial charge on any atom is 0.350 e. The highest BCUT2D eigenvalue weighted by Gasteiger charge is 2.21. The second-order valence-corrected chi connectivity index (χ2v) is 7.65. The number of benzene rings is 3. The van der Waals surface area contributed by atoms with Gasteiger partial charge in [0, 0.05) is 16.8 Å². The van der Waals surface area contributed by atoms with E-state index in [9.17, 15) is 24.5 Å². The van der Waals surface area contributed by atoms with Gasteiger partial charge in [0.05, 0.1) is 10.6 Å². The number of nitro benzene ring substituents is 1. The standard InChI is InChI=1S/C24H19ClN4O6/c1-14-7-10-17(13-20(14)25)26-22(30)23(31)28-27-15(2)16-8-11-18(12-9-16)35-24(32)19-5-3-4-6-21(19)29(33)34/h3-13H,1-2H3,(H,26,30)(H,28,31)/b27-15+. The van der Waals surface area contributed by atoms with Crippen LogP contribution in [0.25, 0.3) is 0 Å². The third-order valence-corrected chi connectivity index (χ3v) is 5.17. The fraction of sp³-hybridized carbons (Fsp3) is 0.0833. The lowest BCUT2D eigenvalue weighted by Crippen LogP contribution is -2.32. The zero-order valence-electron chi connectivity index (χ0n) is 18.6. The number of nitrogens with zero attached hydrogens (tertiary/aromatic N) is 2. The summed E-state index contributed by atoms with van der Waals surface area (Å²) in [4.78, 5) is 46.9. The summed E-state index contributed by atoms with van der Waals surface area (Å²) in [6.07, 6.45) is 0. The molecule has 0 fully saturated rings. The summed E-state index contributed by atoms with van der Waals surface area (Å²) in [5, 5.41) is 17.9. The number of nitrogens with one attached hydrogen (secondary N) is 2. The van der Waals surface area contributed by atoms with Gasteiger partial charge < -0.3 is 10.1 Å². The number of hydrazone groups is 1. The van der Waals surface area contributed by atoms with E-state index < -0.39 is 22.7 Å². The van der Waals surface area contributed by atoms with Gasteiger partial charge in [-0.2, -0.15) is 5.10 Å². The number of halogens is 1. The molecular formula is C24H19ClN4O6. The molecule has 178 valence electrons. The van der Waals surface area contributed by atoms with Crippen molar-refractivity contribution in [3.05, 3.63) is 98.6 Å². The van der Waals surface area contributed by atoms with Crippen molar-refractivity contribution in [1.29, 1.82) is 0 Å². The van der Waals surface area contributed by atoms with Gasteiger partial charge in [0.2, 0.25) is 0 Å². The lowest BCUT2D eigenvalue weighted by Gasteiger charge is -2.07. The van der Waals surface area contributed by atoms with E-state index in [0.717, 1.165) is 5.56 Å². The number of amides is 2. The van der Waals surface area contributed by atoms with Gasteiger partial charge in [-0.05, 0) is 67.4 Å². The van der Waals surface area contributed by atoms with Crippen LogP contribution in [-0.4, -0.2) is 28.4 Å². The number of carbonyl (C=O) groups is 3. The molecule has 0 bridgehead atoms. The van der Waals surface area contributed by atoms with E-state index in [4.69, 9.17) is 16.3 Å². The number of rotatable bonds is 6. The van der Waals surface area contributed by atoms with Gasteiger partial charge in [0.1, 0.15) is 11.3 Å². The quantitative estimate of drug-likeness (QED) is 0.131. The summed E-state index contributed by atoms with van der Waals surface area (Å²) < 4.78 is 5.21. The number of anilines is 1. The predicted octanol–water partition coefficient (Wildman–Crippen LogP) is 4.25. The van der Waals surface area contributed by atoms with Gasteiger partial charge in [0.15, 0.2) is 0 Å². The van der Waals surface area contributed by atoms with Crippen molar-refractivity contribution in [2.24, 2.45) is 5.10 Å². The Bertz CT molecular complexity index is 1340. The van der Waals surface area contributed by atoms with E-state index in [-0.39, 0.29) is 17.0 Å². The molecule has 2 amide bonds. The summed E-state index contributed by atoms with van der Waals surface area (Å²) in [6.45, 7) is 3.41. The molecule has 0 heterocycles. The minimum Gasteiger partial charge on any atom is -0.423 e. The summed E-state index contributed by atoms with van der Waals surface area (Å²) in [5.74, 6) is -2.61. The molecule has 0 saturated heterocycles. The molecule has 0 spiro atoms. The van der Waals surface area contributed by atoms with Crippen LogP contribution < -0.4 is 15.5 Å². The molecule has 3 rings (SSSR count). The Morgan fingerprint density at radius 1 is 1.00 bits per heavy atom. The van der Waals surface area contributed by atoms with Gasteiger partial charge >= 0.3 is 17.8 Å². The molecule has 2 N–H and O–H groups in total. The van der Waals surface area contributed by atoms with E-state index in [1.807, 2.05) is 6.92 Å². The Kier molecular flexibility index (Phi) is 7.90. The van der Waals surface area contributed by atoms with Crippen LogP contribution in [-0.2, 0) is 9.59 Å². The Morgan fingerprint density at radius 2 is 1.69 bits per heavy atom. The van der Waals surface area contributed by atoms with Crippen LogP contribution in [0.5, 0.6) is 5.75 Å². The second-order valence-electron chi connectivity index (χ2n) is 7.24. The zero-order valence-corrected chi connectivity index (χ0v) is 19.3. The maximum atomic E-state index is 12.3. The third-order valence-electron chi connectivity index (χ3n) is 4.76. The van der Waals surface area contributed by atoms with Crippen LogP contribution in [0, 0.1) is 17.0 Å². The molecule has 0 aromatic heterocycles. The normalized spacial score (nSPS) is 10.9. The molecular weight excluding hydrogens is 476 g/mol. The molecule has 0 unspecified atom stereocenters. The Balaban J connectivity index is 1.60. The van der Waals surface area contributed by atoms with Gasteiger partial charge in [-0.3, -0.25) is 19.7 Å². The van der Waals surface area contributed by atoms with Crippen molar-refractivity contribution in [2.45, 2.75) is 13.8 Å². The number of ether oxygens (including phenoxy) is 1. The number of para-hydroxylation sites is 1. The average Bonchev–Trinajstić information content (AvgIpc) is 2.84. The van der Waals surface area contributed by atoms with Gasteiger partial charge in [-0.25, -0.2) is 10.2 Å². The van der Waals surface area contributed by atoms with Crippen molar-refractivity contribution in [3.8, 4) is 5.75 Å². The minimum atomic E-state index is -0.976. The predicted molar refractivity (Wildman–Crippen MR) is 130 cm³/mol. The Hall–Kier alpha value is -4.57. The fourth-order valence-corrected chi connectivity index (χ4v) is 3.02. The fourth-order valence-electron chi connectivity index (χ4n) is 2.84. The van der Waals surface area contributed by atoms with Crippen molar-refractivity contribution in [3.63, 3.8) is 0 Å². The second kappa shape index (κ2) is 11.0. The monoisotopic (exact) mass is 494 g/mol. The Morgan fingerprint density at radius 3 is 2.34 bits per heavy atom. The molecule has 0 radical (unpaired) electrons. The van der Waals surface area contributed by atoms with E-state index in [0.29, 0.717) is 22.0 Å². The van der Waals surface area contributed by atoms with Crippen LogP contribution in [0.1, 0.15) is 28.4 Å².